The Balaban J connectivity index is 1.90. The fourth-order valence-corrected chi connectivity index (χ4v) is 4.27. The molecule has 0 saturated heterocycles. The lowest BCUT2D eigenvalue weighted by atomic mass is 9.83. The summed E-state index contributed by atoms with van der Waals surface area (Å²) in [4.78, 5) is 13.5. The van der Waals surface area contributed by atoms with Crippen LogP contribution in [0, 0.1) is 12.8 Å². The molecule has 0 aliphatic heterocycles. The van der Waals surface area contributed by atoms with Gasteiger partial charge in [0.1, 0.15) is 0 Å². The van der Waals surface area contributed by atoms with E-state index >= 15 is 0 Å². The van der Waals surface area contributed by atoms with Gasteiger partial charge in [-0.1, -0.05) is 19.3 Å². The molecule has 1 heterocycles. The number of aromatic nitrogens is 1. The van der Waals surface area contributed by atoms with Gasteiger partial charge in [-0.15, -0.1) is 11.3 Å². The van der Waals surface area contributed by atoms with Crippen LogP contribution in [0.4, 0.5) is 0 Å². The highest BCUT2D eigenvalue weighted by molar-refractivity contribution is 7.09. The number of nitrogens with zero attached hydrogens (tertiary/aromatic N) is 4. The fourth-order valence-electron chi connectivity index (χ4n) is 3.67. The Kier molecular flexibility index (Phi) is 7.49. The molecule has 1 aromatic rings. The maximum Gasteiger partial charge on any atom is 0.193 e. The predicted octanol–water partition coefficient (Wildman–Crippen LogP) is 2.97. The van der Waals surface area contributed by atoms with E-state index in [0.717, 1.165) is 35.7 Å². The van der Waals surface area contributed by atoms with Crippen LogP contribution in [-0.2, 0) is 6.54 Å². The Morgan fingerprint density at radius 2 is 2.04 bits per heavy atom. The van der Waals surface area contributed by atoms with E-state index < -0.39 is 0 Å². The summed E-state index contributed by atoms with van der Waals surface area (Å²) in [5.74, 6) is 1.74. The zero-order valence-corrected chi connectivity index (χ0v) is 16.7. The topological polar surface area (TPSA) is 43.8 Å². The third kappa shape index (κ3) is 5.45. The smallest absolute Gasteiger partial charge is 0.193 e. The molecule has 1 unspecified atom stereocenters. The average molecular weight is 352 g/mol. The Bertz CT molecular complexity index is 519. The molecule has 5 nitrogen and oxygen atoms in total. The molecular weight excluding hydrogens is 318 g/mol. The molecule has 1 aromatic heterocycles. The molecule has 1 aliphatic carbocycles. The van der Waals surface area contributed by atoms with Gasteiger partial charge in [0.15, 0.2) is 5.96 Å². The third-order valence-corrected chi connectivity index (χ3v) is 5.79. The van der Waals surface area contributed by atoms with Gasteiger partial charge in [-0.05, 0) is 39.8 Å². The Hall–Kier alpha value is -1.14. The lowest BCUT2D eigenvalue weighted by Crippen LogP contribution is -2.48. The number of hydrogen-bond acceptors (Lipinski definition) is 4. The maximum absolute atomic E-state index is 4.55. The zero-order chi connectivity index (χ0) is 17.5. The summed E-state index contributed by atoms with van der Waals surface area (Å²) in [5, 5.41) is 6.83. The minimum Gasteiger partial charge on any atom is -0.355 e. The minimum atomic E-state index is 0.567. The van der Waals surface area contributed by atoms with Gasteiger partial charge in [-0.2, -0.15) is 0 Å². The molecule has 0 bridgehead atoms. The van der Waals surface area contributed by atoms with Crippen LogP contribution in [0.25, 0.3) is 0 Å². The molecule has 6 heteroatoms. The molecule has 0 radical (unpaired) electrons. The van der Waals surface area contributed by atoms with Crippen LogP contribution < -0.4 is 5.32 Å². The predicted molar refractivity (Wildman–Crippen MR) is 104 cm³/mol. The second-order valence-corrected chi connectivity index (χ2v) is 8.13. The normalized spacial score (nSPS) is 18.0. The van der Waals surface area contributed by atoms with Crippen LogP contribution in [0.5, 0.6) is 0 Å². The van der Waals surface area contributed by atoms with Gasteiger partial charge in [-0.3, -0.25) is 4.99 Å². The second-order valence-electron chi connectivity index (χ2n) is 7.07. The Morgan fingerprint density at radius 1 is 1.33 bits per heavy atom. The minimum absolute atomic E-state index is 0.567. The van der Waals surface area contributed by atoms with Crippen molar-refractivity contribution in [2.75, 3.05) is 34.7 Å². The summed E-state index contributed by atoms with van der Waals surface area (Å²) in [5.41, 5.74) is 1.11. The van der Waals surface area contributed by atoms with Crippen LogP contribution in [0.2, 0.25) is 0 Å². The first-order valence-corrected chi connectivity index (χ1v) is 9.88. The number of rotatable bonds is 6. The number of nitrogens with one attached hydrogen (secondary N) is 1. The van der Waals surface area contributed by atoms with Crippen molar-refractivity contribution >= 4 is 17.3 Å². The van der Waals surface area contributed by atoms with Crippen molar-refractivity contribution in [3.05, 3.63) is 16.1 Å². The van der Waals surface area contributed by atoms with Crippen LogP contribution in [0.1, 0.15) is 42.8 Å². The van der Waals surface area contributed by atoms with Crippen molar-refractivity contribution in [1.29, 1.82) is 0 Å². The number of aryl methyl sites for hydroxylation is 1. The number of guanidine groups is 1. The van der Waals surface area contributed by atoms with Gasteiger partial charge in [0.25, 0.3) is 0 Å². The second kappa shape index (κ2) is 9.37. The van der Waals surface area contributed by atoms with E-state index in [9.17, 15) is 0 Å². The molecule has 136 valence electrons. The van der Waals surface area contributed by atoms with Gasteiger partial charge in [0, 0.05) is 32.1 Å². The summed E-state index contributed by atoms with van der Waals surface area (Å²) in [6.45, 7) is 3.79. The van der Waals surface area contributed by atoms with Crippen molar-refractivity contribution in [1.82, 2.24) is 20.1 Å². The quantitative estimate of drug-likeness (QED) is 0.632. The highest BCUT2D eigenvalue weighted by Crippen LogP contribution is 2.28. The molecule has 0 amide bonds. The summed E-state index contributed by atoms with van der Waals surface area (Å²) in [7, 11) is 8.34. The van der Waals surface area contributed by atoms with Gasteiger partial charge in [0.2, 0.25) is 0 Å². The summed E-state index contributed by atoms with van der Waals surface area (Å²) in [6, 6.07) is 0.567. The highest BCUT2D eigenvalue weighted by atomic mass is 32.1. The molecule has 1 N–H and O–H groups in total. The first-order chi connectivity index (χ1) is 11.5. The van der Waals surface area contributed by atoms with Crippen molar-refractivity contribution in [3.8, 4) is 0 Å². The first kappa shape index (κ1) is 19.2. The van der Waals surface area contributed by atoms with E-state index in [1.807, 2.05) is 14.0 Å². The molecule has 0 aromatic carbocycles. The van der Waals surface area contributed by atoms with Crippen LogP contribution in [-0.4, -0.2) is 61.5 Å². The summed E-state index contributed by atoms with van der Waals surface area (Å²) >= 11 is 1.70. The van der Waals surface area contributed by atoms with Crippen LogP contribution in [0.15, 0.2) is 10.4 Å². The van der Waals surface area contributed by atoms with E-state index in [-0.39, 0.29) is 0 Å². The largest absolute Gasteiger partial charge is 0.355 e. The highest BCUT2D eigenvalue weighted by Gasteiger charge is 2.25. The van der Waals surface area contributed by atoms with Crippen LogP contribution in [0.3, 0.4) is 0 Å². The number of aliphatic imine (C=N–C) groups is 1. The zero-order valence-electron chi connectivity index (χ0n) is 15.9. The van der Waals surface area contributed by atoms with Gasteiger partial charge < -0.3 is 15.1 Å². The molecule has 1 atom stereocenters. The standard InChI is InChI=1S/C18H33N5S/c1-14-21-16(13-24-14)12-23(5)18(19-2)20-11-17(22(3)4)15-9-7-6-8-10-15/h13,15,17H,6-12H2,1-5H3,(H,19,20). The first-order valence-electron chi connectivity index (χ1n) is 9.00. The van der Waals surface area contributed by atoms with E-state index in [2.05, 4.69) is 51.6 Å². The molecule has 1 fully saturated rings. The van der Waals surface area contributed by atoms with Gasteiger partial charge in [0.05, 0.1) is 17.2 Å². The lowest BCUT2D eigenvalue weighted by molar-refractivity contribution is 0.170. The molecule has 0 spiro atoms. The number of hydrogen-bond donors (Lipinski definition) is 1. The molecule has 1 saturated carbocycles. The van der Waals surface area contributed by atoms with Crippen molar-refractivity contribution in [2.45, 2.75) is 51.6 Å². The average Bonchev–Trinajstić information content (AvgIpc) is 2.97. The fraction of sp³-hybridized carbons (Fsp3) is 0.778. The van der Waals surface area contributed by atoms with Gasteiger partial charge in [-0.25, -0.2) is 4.98 Å². The lowest BCUT2D eigenvalue weighted by Gasteiger charge is -2.35. The summed E-state index contributed by atoms with van der Waals surface area (Å²) in [6.07, 6.45) is 6.88. The molecular formula is C18H33N5S. The van der Waals surface area contributed by atoms with E-state index in [4.69, 9.17) is 0 Å². The number of likely N-dealkylation sites (N-methyl/N-ethyl adjacent to an activating group) is 1. The van der Waals surface area contributed by atoms with Crippen molar-refractivity contribution in [3.63, 3.8) is 0 Å². The number of thiazole rings is 1. The third-order valence-electron chi connectivity index (χ3n) is 4.97. The van der Waals surface area contributed by atoms with Crippen LogP contribution >= 0.6 is 11.3 Å². The summed E-state index contributed by atoms with van der Waals surface area (Å²) < 4.78 is 0. The maximum atomic E-state index is 4.55. The van der Waals surface area contributed by atoms with E-state index in [1.54, 1.807) is 11.3 Å². The van der Waals surface area contributed by atoms with E-state index in [1.165, 1.54) is 32.1 Å². The molecule has 1 aliphatic rings. The van der Waals surface area contributed by atoms with E-state index in [0.29, 0.717) is 6.04 Å². The van der Waals surface area contributed by atoms with Gasteiger partial charge >= 0.3 is 0 Å². The Labute approximate surface area is 151 Å². The van der Waals surface area contributed by atoms with Crippen molar-refractivity contribution in [2.24, 2.45) is 10.9 Å². The molecule has 24 heavy (non-hydrogen) atoms. The van der Waals surface area contributed by atoms with Crippen molar-refractivity contribution < 1.29 is 0 Å². The monoisotopic (exact) mass is 351 g/mol. The molecule has 2 rings (SSSR count). The SMILES string of the molecule is CN=C(NCC(C1CCCCC1)N(C)C)N(C)Cc1csc(C)n1. The Morgan fingerprint density at radius 3 is 2.58 bits per heavy atom.